The van der Waals surface area contributed by atoms with Crippen LogP contribution in [0.1, 0.15) is 23.6 Å². The van der Waals surface area contributed by atoms with Gasteiger partial charge in [0.05, 0.1) is 13.0 Å². The number of hydrogen-bond acceptors (Lipinski definition) is 2. The molecule has 0 atom stereocenters. The van der Waals surface area contributed by atoms with Gasteiger partial charge in [0.15, 0.2) is 0 Å². The second-order valence-corrected chi connectivity index (χ2v) is 3.35. The first-order chi connectivity index (χ1) is 6.65. The zero-order valence-electron chi connectivity index (χ0n) is 8.96. The van der Waals surface area contributed by atoms with Crippen molar-refractivity contribution in [3.05, 3.63) is 34.9 Å². The van der Waals surface area contributed by atoms with Crippen molar-refractivity contribution in [1.82, 2.24) is 0 Å². The number of ether oxygens (including phenoxy) is 1. The van der Waals surface area contributed by atoms with E-state index in [-0.39, 0.29) is 5.97 Å². The Balaban J connectivity index is 2.80. The van der Waals surface area contributed by atoms with Crippen molar-refractivity contribution in [1.29, 1.82) is 0 Å². The van der Waals surface area contributed by atoms with Crippen molar-refractivity contribution in [3.8, 4) is 0 Å². The predicted molar refractivity (Wildman–Crippen MR) is 56.3 cm³/mol. The monoisotopic (exact) mass is 192 g/mol. The quantitative estimate of drug-likeness (QED) is 0.687. The molecule has 1 aromatic carbocycles. The summed E-state index contributed by atoms with van der Waals surface area (Å²) in [6.45, 7) is 6.30. The van der Waals surface area contributed by atoms with Gasteiger partial charge in [-0.05, 0) is 37.5 Å². The third kappa shape index (κ3) is 2.59. The third-order valence-electron chi connectivity index (χ3n) is 2.27. The van der Waals surface area contributed by atoms with Crippen LogP contribution in [0.2, 0.25) is 0 Å². The average Bonchev–Trinajstić information content (AvgIpc) is 2.12. The summed E-state index contributed by atoms with van der Waals surface area (Å²) in [5.41, 5.74) is 3.39. The van der Waals surface area contributed by atoms with Crippen molar-refractivity contribution >= 4 is 5.97 Å². The second kappa shape index (κ2) is 4.80. The molecule has 14 heavy (non-hydrogen) atoms. The van der Waals surface area contributed by atoms with Gasteiger partial charge in [-0.25, -0.2) is 0 Å². The van der Waals surface area contributed by atoms with Gasteiger partial charge >= 0.3 is 5.97 Å². The molecule has 0 fully saturated rings. The van der Waals surface area contributed by atoms with Crippen molar-refractivity contribution in [2.75, 3.05) is 6.61 Å². The van der Waals surface area contributed by atoms with Crippen LogP contribution in [0, 0.1) is 13.8 Å². The lowest BCUT2D eigenvalue weighted by Crippen LogP contribution is -2.09. The van der Waals surface area contributed by atoms with Gasteiger partial charge in [-0.3, -0.25) is 4.79 Å². The lowest BCUT2D eigenvalue weighted by molar-refractivity contribution is -0.142. The number of esters is 1. The highest BCUT2D eigenvalue weighted by molar-refractivity contribution is 5.73. The first kappa shape index (κ1) is 10.8. The van der Waals surface area contributed by atoms with E-state index in [1.807, 2.05) is 39.0 Å². The summed E-state index contributed by atoms with van der Waals surface area (Å²) in [5, 5.41) is 0. The minimum atomic E-state index is -0.148. The first-order valence-corrected chi connectivity index (χ1v) is 4.86. The summed E-state index contributed by atoms with van der Waals surface area (Å²) in [7, 11) is 0. The SMILES string of the molecule is CCOC(=O)Cc1c(C)cccc1C. The first-order valence-electron chi connectivity index (χ1n) is 4.86. The molecule has 0 N–H and O–H groups in total. The number of aryl methyl sites for hydroxylation is 2. The molecule has 0 spiro atoms. The maximum Gasteiger partial charge on any atom is 0.310 e. The Hall–Kier alpha value is -1.31. The molecule has 0 aromatic heterocycles. The Kier molecular flexibility index (Phi) is 3.69. The van der Waals surface area contributed by atoms with Crippen molar-refractivity contribution < 1.29 is 9.53 Å². The van der Waals surface area contributed by atoms with Crippen LogP contribution in [0.5, 0.6) is 0 Å². The third-order valence-corrected chi connectivity index (χ3v) is 2.27. The smallest absolute Gasteiger partial charge is 0.310 e. The Bertz CT molecular complexity index is 309. The number of carbonyl (C=O) groups is 1. The van der Waals surface area contributed by atoms with Crippen molar-refractivity contribution in [2.45, 2.75) is 27.2 Å². The maximum atomic E-state index is 11.3. The lowest BCUT2D eigenvalue weighted by atomic mass is 10.0. The Labute approximate surface area is 84.9 Å². The molecule has 0 heterocycles. The second-order valence-electron chi connectivity index (χ2n) is 3.35. The van der Waals surface area contributed by atoms with E-state index in [1.165, 1.54) is 0 Å². The summed E-state index contributed by atoms with van der Waals surface area (Å²) >= 11 is 0. The summed E-state index contributed by atoms with van der Waals surface area (Å²) in [5.74, 6) is -0.148. The standard InChI is InChI=1S/C12H16O2/c1-4-14-12(13)8-11-9(2)6-5-7-10(11)3/h5-7H,4,8H2,1-3H3. The molecule has 0 aliphatic heterocycles. The Morgan fingerprint density at radius 3 is 2.36 bits per heavy atom. The van der Waals surface area contributed by atoms with Gasteiger partial charge in [-0.2, -0.15) is 0 Å². The van der Waals surface area contributed by atoms with Gasteiger partial charge < -0.3 is 4.74 Å². The summed E-state index contributed by atoms with van der Waals surface area (Å²) in [4.78, 5) is 11.3. The molecule has 1 aromatic rings. The Morgan fingerprint density at radius 1 is 1.29 bits per heavy atom. The zero-order valence-corrected chi connectivity index (χ0v) is 8.96. The van der Waals surface area contributed by atoms with E-state index in [0.29, 0.717) is 13.0 Å². The largest absolute Gasteiger partial charge is 0.466 e. The highest BCUT2D eigenvalue weighted by Crippen LogP contribution is 2.14. The van der Waals surface area contributed by atoms with Gasteiger partial charge in [0.25, 0.3) is 0 Å². The van der Waals surface area contributed by atoms with Crippen LogP contribution in [0.3, 0.4) is 0 Å². The highest BCUT2D eigenvalue weighted by Gasteiger charge is 2.08. The van der Waals surface area contributed by atoms with Crippen LogP contribution in [0.4, 0.5) is 0 Å². The normalized spacial score (nSPS) is 9.93. The van der Waals surface area contributed by atoms with E-state index >= 15 is 0 Å². The highest BCUT2D eigenvalue weighted by atomic mass is 16.5. The Morgan fingerprint density at radius 2 is 1.86 bits per heavy atom. The molecule has 2 heteroatoms. The predicted octanol–water partition coefficient (Wildman–Crippen LogP) is 2.41. The van der Waals surface area contributed by atoms with Crippen molar-refractivity contribution in [2.24, 2.45) is 0 Å². The maximum absolute atomic E-state index is 11.3. The lowest BCUT2D eigenvalue weighted by Gasteiger charge is -2.08. The molecule has 0 saturated heterocycles. The minimum absolute atomic E-state index is 0.148. The van der Waals surface area contributed by atoms with E-state index in [1.54, 1.807) is 0 Å². The van der Waals surface area contributed by atoms with Gasteiger partial charge in [0.1, 0.15) is 0 Å². The molecular weight excluding hydrogens is 176 g/mol. The number of rotatable bonds is 3. The van der Waals surface area contributed by atoms with Crippen LogP contribution >= 0.6 is 0 Å². The fraction of sp³-hybridized carbons (Fsp3) is 0.417. The number of hydrogen-bond donors (Lipinski definition) is 0. The fourth-order valence-corrected chi connectivity index (χ4v) is 1.48. The molecule has 0 saturated carbocycles. The van der Waals surface area contributed by atoms with Gasteiger partial charge in [-0.15, -0.1) is 0 Å². The number of carbonyl (C=O) groups excluding carboxylic acids is 1. The van der Waals surface area contributed by atoms with E-state index < -0.39 is 0 Å². The van der Waals surface area contributed by atoms with E-state index in [2.05, 4.69) is 0 Å². The molecule has 0 unspecified atom stereocenters. The van der Waals surface area contributed by atoms with Gasteiger partial charge in [0.2, 0.25) is 0 Å². The number of benzene rings is 1. The molecule has 1 rings (SSSR count). The summed E-state index contributed by atoms with van der Waals surface area (Å²) < 4.78 is 4.92. The molecule has 0 radical (unpaired) electrons. The topological polar surface area (TPSA) is 26.3 Å². The van der Waals surface area contributed by atoms with E-state index in [4.69, 9.17) is 4.74 Å². The molecule has 0 aliphatic rings. The summed E-state index contributed by atoms with van der Waals surface area (Å²) in [6.07, 6.45) is 0.381. The van der Waals surface area contributed by atoms with Crippen LogP contribution in [-0.4, -0.2) is 12.6 Å². The average molecular weight is 192 g/mol. The molecule has 0 aliphatic carbocycles. The van der Waals surface area contributed by atoms with Crippen LogP contribution in [0.25, 0.3) is 0 Å². The minimum Gasteiger partial charge on any atom is -0.466 e. The van der Waals surface area contributed by atoms with Crippen LogP contribution in [-0.2, 0) is 16.0 Å². The van der Waals surface area contributed by atoms with E-state index in [0.717, 1.165) is 16.7 Å². The molecule has 0 bridgehead atoms. The molecule has 76 valence electrons. The molecule has 0 amide bonds. The van der Waals surface area contributed by atoms with Gasteiger partial charge in [-0.1, -0.05) is 18.2 Å². The van der Waals surface area contributed by atoms with Crippen LogP contribution in [0.15, 0.2) is 18.2 Å². The molecule has 2 nitrogen and oxygen atoms in total. The van der Waals surface area contributed by atoms with Gasteiger partial charge in [0, 0.05) is 0 Å². The summed E-state index contributed by atoms with van der Waals surface area (Å²) in [6, 6.07) is 6.03. The zero-order chi connectivity index (χ0) is 10.6. The molecular formula is C12H16O2. The fourth-order valence-electron chi connectivity index (χ4n) is 1.48. The van der Waals surface area contributed by atoms with Crippen molar-refractivity contribution in [3.63, 3.8) is 0 Å². The van der Waals surface area contributed by atoms with E-state index in [9.17, 15) is 4.79 Å². The van der Waals surface area contributed by atoms with Crippen LogP contribution < -0.4 is 0 Å².